The van der Waals surface area contributed by atoms with Crippen LogP contribution in [0.4, 0.5) is 0 Å². The van der Waals surface area contributed by atoms with Gasteiger partial charge in [-0.25, -0.2) is 13.1 Å². The van der Waals surface area contributed by atoms with Crippen molar-refractivity contribution in [3.8, 4) is 0 Å². The summed E-state index contributed by atoms with van der Waals surface area (Å²) in [6.45, 7) is 0. The zero-order valence-corrected chi connectivity index (χ0v) is 11.7. The lowest BCUT2D eigenvalue weighted by Crippen LogP contribution is -2.42. The van der Waals surface area contributed by atoms with Gasteiger partial charge in [0.05, 0.1) is 4.90 Å². The van der Waals surface area contributed by atoms with Crippen LogP contribution in [0.1, 0.15) is 23.2 Å². The predicted molar refractivity (Wildman–Crippen MR) is 71.0 cm³/mol. The molecule has 1 aliphatic carbocycles. The first-order chi connectivity index (χ1) is 9.44. The molecule has 8 heteroatoms. The highest BCUT2D eigenvalue weighted by Gasteiger charge is 2.29. The van der Waals surface area contributed by atoms with Gasteiger partial charge in [-0.2, -0.15) is 0 Å². The fraction of sp³-hybridized carbons (Fsp3) is 0.333. The molecule has 7 nitrogen and oxygen atoms in total. The van der Waals surface area contributed by atoms with E-state index in [-0.39, 0.29) is 22.3 Å². The molecule has 0 aromatic heterocycles. The van der Waals surface area contributed by atoms with Gasteiger partial charge in [0.1, 0.15) is 0 Å². The van der Waals surface area contributed by atoms with Gasteiger partial charge in [-0.15, -0.1) is 0 Å². The largest absolute Gasteiger partial charge is 0.273 e. The Morgan fingerprint density at radius 1 is 1.20 bits per heavy atom. The number of hydrogen-bond acceptors (Lipinski definition) is 4. The van der Waals surface area contributed by atoms with Gasteiger partial charge in [0, 0.05) is 11.5 Å². The number of sulfonamides is 1. The van der Waals surface area contributed by atoms with E-state index in [9.17, 15) is 18.0 Å². The van der Waals surface area contributed by atoms with Crippen molar-refractivity contribution in [2.45, 2.75) is 17.7 Å². The Kier molecular flexibility index (Phi) is 4.05. The van der Waals surface area contributed by atoms with Crippen LogP contribution in [0, 0.1) is 5.92 Å². The molecule has 0 atom stereocenters. The van der Waals surface area contributed by atoms with Gasteiger partial charge in [0.2, 0.25) is 15.9 Å². The summed E-state index contributed by atoms with van der Waals surface area (Å²) >= 11 is 0. The first kappa shape index (κ1) is 14.5. The smallest absolute Gasteiger partial charge is 0.269 e. The maximum Gasteiger partial charge on any atom is 0.269 e. The number of benzene rings is 1. The topological polar surface area (TPSA) is 104 Å². The molecule has 1 saturated carbocycles. The summed E-state index contributed by atoms with van der Waals surface area (Å²) < 4.78 is 25.4. The van der Waals surface area contributed by atoms with Gasteiger partial charge in [-0.1, -0.05) is 6.07 Å². The van der Waals surface area contributed by atoms with Crippen LogP contribution >= 0.6 is 0 Å². The SMILES string of the molecule is CNS(=O)(=O)c1cccc(C(=O)NNC(=O)C2CC2)c1. The van der Waals surface area contributed by atoms with Crippen LogP contribution < -0.4 is 15.6 Å². The third kappa shape index (κ3) is 3.34. The summed E-state index contributed by atoms with van der Waals surface area (Å²) in [4.78, 5) is 23.2. The van der Waals surface area contributed by atoms with Crippen molar-refractivity contribution in [3.63, 3.8) is 0 Å². The van der Waals surface area contributed by atoms with E-state index in [0.29, 0.717) is 0 Å². The summed E-state index contributed by atoms with van der Waals surface area (Å²) in [7, 11) is -2.32. The number of hydrazine groups is 1. The minimum absolute atomic E-state index is 0.0128. The normalized spacial score (nSPS) is 14.7. The van der Waals surface area contributed by atoms with Gasteiger partial charge in [-0.3, -0.25) is 20.4 Å². The molecule has 1 aromatic carbocycles. The van der Waals surface area contributed by atoms with Gasteiger partial charge >= 0.3 is 0 Å². The Bertz CT molecular complexity index is 638. The average Bonchev–Trinajstić information content (AvgIpc) is 3.29. The van der Waals surface area contributed by atoms with Crippen LogP contribution in [-0.4, -0.2) is 27.3 Å². The molecular weight excluding hydrogens is 282 g/mol. The second kappa shape index (κ2) is 5.59. The Hall–Kier alpha value is -1.93. The fourth-order valence-electron chi connectivity index (χ4n) is 1.56. The number of rotatable bonds is 4. The number of amides is 2. The molecule has 0 bridgehead atoms. The summed E-state index contributed by atoms with van der Waals surface area (Å²) in [6, 6.07) is 5.55. The van der Waals surface area contributed by atoms with Crippen LogP contribution in [0.15, 0.2) is 29.2 Å². The lowest BCUT2D eigenvalue weighted by Gasteiger charge is -2.08. The third-order valence-corrected chi connectivity index (χ3v) is 4.33. The molecule has 2 amide bonds. The molecule has 0 radical (unpaired) electrons. The number of nitrogens with one attached hydrogen (secondary N) is 3. The van der Waals surface area contributed by atoms with Crippen molar-refractivity contribution in [1.82, 2.24) is 15.6 Å². The monoisotopic (exact) mass is 297 g/mol. The second-order valence-corrected chi connectivity index (χ2v) is 6.34. The number of hydrogen-bond donors (Lipinski definition) is 3. The van der Waals surface area contributed by atoms with Gasteiger partial charge in [0.25, 0.3) is 5.91 Å². The number of carbonyl (C=O) groups excluding carboxylic acids is 2. The van der Waals surface area contributed by atoms with E-state index in [4.69, 9.17) is 0 Å². The van der Waals surface area contributed by atoms with Gasteiger partial charge in [0.15, 0.2) is 0 Å². The highest BCUT2D eigenvalue weighted by molar-refractivity contribution is 7.89. The standard InChI is InChI=1S/C12H15N3O4S/c1-13-20(18,19)10-4-2-3-9(7-10)12(17)15-14-11(16)8-5-6-8/h2-4,7-8,13H,5-6H2,1H3,(H,14,16)(H,15,17). The summed E-state index contributed by atoms with van der Waals surface area (Å²) in [5, 5.41) is 0. The van der Waals surface area contributed by atoms with Gasteiger partial charge in [-0.05, 0) is 38.1 Å². The highest BCUT2D eigenvalue weighted by Crippen LogP contribution is 2.28. The average molecular weight is 297 g/mol. The lowest BCUT2D eigenvalue weighted by atomic mass is 10.2. The molecule has 3 N–H and O–H groups in total. The molecule has 108 valence electrons. The number of carbonyl (C=O) groups is 2. The summed E-state index contributed by atoms with van der Waals surface area (Å²) in [5.74, 6) is -0.809. The predicted octanol–water partition coefficient (Wildman–Crippen LogP) is -0.234. The first-order valence-electron chi connectivity index (χ1n) is 6.08. The fourth-order valence-corrected chi connectivity index (χ4v) is 2.34. The first-order valence-corrected chi connectivity index (χ1v) is 7.56. The third-order valence-electron chi connectivity index (χ3n) is 2.92. The molecular formula is C12H15N3O4S. The van der Waals surface area contributed by atoms with Crippen LogP contribution in [0.2, 0.25) is 0 Å². The van der Waals surface area contributed by atoms with Crippen molar-refractivity contribution in [3.05, 3.63) is 29.8 Å². The van der Waals surface area contributed by atoms with E-state index >= 15 is 0 Å². The molecule has 0 heterocycles. The van der Waals surface area contributed by atoms with Crippen molar-refractivity contribution in [2.24, 2.45) is 5.92 Å². The van der Waals surface area contributed by atoms with Crippen molar-refractivity contribution in [2.75, 3.05) is 7.05 Å². The molecule has 2 rings (SSSR count). The molecule has 0 spiro atoms. The zero-order valence-electron chi connectivity index (χ0n) is 10.8. The molecule has 0 aliphatic heterocycles. The molecule has 1 aliphatic rings. The van der Waals surface area contributed by atoms with Crippen molar-refractivity contribution in [1.29, 1.82) is 0 Å². The Morgan fingerprint density at radius 2 is 1.90 bits per heavy atom. The van der Waals surface area contributed by atoms with Crippen LogP contribution in [0.25, 0.3) is 0 Å². The highest BCUT2D eigenvalue weighted by atomic mass is 32.2. The quantitative estimate of drug-likeness (QED) is 0.667. The van der Waals surface area contributed by atoms with E-state index < -0.39 is 15.9 Å². The van der Waals surface area contributed by atoms with E-state index in [1.165, 1.54) is 31.3 Å². The summed E-state index contributed by atoms with van der Waals surface area (Å²) in [6.07, 6.45) is 1.66. The van der Waals surface area contributed by atoms with E-state index in [1.54, 1.807) is 0 Å². The van der Waals surface area contributed by atoms with E-state index in [2.05, 4.69) is 15.6 Å². The maximum absolute atomic E-state index is 11.8. The molecule has 0 unspecified atom stereocenters. The summed E-state index contributed by atoms with van der Waals surface area (Å²) in [5.41, 5.74) is 4.72. The molecule has 0 saturated heterocycles. The van der Waals surface area contributed by atoms with Crippen molar-refractivity contribution < 1.29 is 18.0 Å². The Labute approximate surface area is 116 Å². The Balaban J connectivity index is 2.06. The minimum Gasteiger partial charge on any atom is -0.273 e. The van der Waals surface area contributed by atoms with E-state index in [1.807, 2.05) is 0 Å². The van der Waals surface area contributed by atoms with Gasteiger partial charge < -0.3 is 0 Å². The second-order valence-electron chi connectivity index (χ2n) is 4.45. The van der Waals surface area contributed by atoms with Crippen LogP contribution in [0.3, 0.4) is 0 Å². The molecule has 20 heavy (non-hydrogen) atoms. The maximum atomic E-state index is 11.8. The zero-order chi connectivity index (χ0) is 14.8. The molecule has 1 fully saturated rings. The van der Waals surface area contributed by atoms with Crippen LogP contribution in [-0.2, 0) is 14.8 Å². The van der Waals surface area contributed by atoms with E-state index in [0.717, 1.165) is 12.8 Å². The molecule has 1 aromatic rings. The van der Waals surface area contributed by atoms with Crippen LogP contribution in [0.5, 0.6) is 0 Å². The minimum atomic E-state index is -3.61. The Morgan fingerprint density at radius 3 is 2.50 bits per heavy atom. The lowest BCUT2D eigenvalue weighted by molar-refractivity contribution is -0.123. The van der Waals surface area contributed by atoms with Crippen molar-refractivity contribution >= 4 is 21.8 Å².